The summed E-state index contributed by atoms with van der Waals surface area (Å²) in [6.07, 6.45) is 5.38. The van der Waals surface area contributed by atoms with Gasteiger partial charge < -0.3 is 9.88 Å². The number of carbonyl (C=O) groups is 1. The first-order valence-corrected chi connectivity index (χ1v) is 12.0. The summed E-state index contributed by atoms with van der Waals surface area (Å²) in [6, 6.07) is 16.8. The third-order valence-electron chi connectivity index (χ3n) is 6.42. The molecule has 5 rings (SSSR count). The summed E-state index contributed by atoms with van der Waals surface area (Å²) in [7, 11) is 0. The van der Waals surface area contributed by atoms with Gasteiger partial charge >= 0.3 is 0 Å². The van der Waals surface area contributed by atoms with Gasteiger partial charge in [0.05, 0.1) is 11.0 Å². The van der Waals surface area contributed by atoms with Crippen molar-refractivity contribution in [3.8, 4) is 0 Å². The number of amides is 1. The molecule has 2 aliphatic rings. The number of imidazole rings is 1. The summed E-state index contributed by atoms with van der Waals surface area (Å²) in [6.45, 7) is 3.68. The van der Waals surface area contributed by atoms with Crippen LogP contribution in [0.5, 0.6) is 0 Å². The lowest BCUT2D eigenvalue weighted by molar-refractivity contribution is 0.0572. The van der Waals surface area contributed by atoms with Crippen molar-refractivity contribution in [2.24, 2.45) is 0 Å². The first-order valence-electron chi connectivity index (χ1n) is 11.0. The number of hydrogen-bond donors (Lipinski definition) is 1. The maximum Gasteiger partial charge on any atom is 0.254 e. The fourth-order valence-corrected chi connectivity index (χ4v) is 5.62. The molecule has 1 N–H and O–H groups in total. The van der Waals surface area contributed by atoms with Gasteiger partial charge in [-0.3, -0.25) is 9.69 Å². The van der Waals surface area contributed by atoms with Gasteiger partial charge in [-0.2, -0.15) is 0 Å². The fourth-order valence-electron chi connectivity index (χ4n) is 4.73. The number of nitrogens with zero attached hydrogens (tertiary/aromatic N) is 3. The monoisotopic (exact) mass is 420 g/mol. The Kier molecular flexibility index (Phi) is 5.77. The Morgan fingerprint density at radius 1 is 1.00 bits per heavy atom. The highest BCUT2D eigenvalue weighted by Gasteiger charge is 2.28. The molecular formula is C24H28N4OS. The number of rotatable bonds is 5. The van der Waals surface area contributed by atoms with Gasteiger partial charge in [-0.05, 0) is 36.6 Å². The van der Waals surface area contributed by atoms with Crippen molar-refractivity contribution < 1.29 is 4.79 Å². The lowest BCUT2D eigenvalue weighted by atomic mass is 10.1. The van der Waals surface area contributed by atoms with Crippen molar-refractivity contribution in [2.75, 3.05) is 26.2 Å². The summed E-state index contributed by atoms with van der Waals surface area (Å²) in [4.78, 5) is 25.9. The molecule has 3 aromatic rings. The molecule has 1 aromatic heterocycles. The second kappa shape index (κ2) is 8.82. The van der Waals surface area contributed by atoms with E-state index in [2.05, 4.69) is 20.9 Å². The molecule has 0 bridgehead atoms. The Labute approximate surface area is 181 Å². The van der Waals surface area contributed by atoms with Crippen LogP contribution in [0.15, 0.2) is 53.7 Å². The Morgan fingerprint density at radius 2 is 1.73 bits per heavy atom. The fraction of sp³-hybridized carbons (Fsp3) is 0.417. The maximum atomic E-state index is 13.3. The Morgan fingerprint density at radius 3 is 2.53 bits per heavy atom. The Hall–Kier alpha value is -2.31. The summed E-state index contributed by atoms with van der Waals surface area (Å²) >= 11 is 1.65. The van der Waals surface area contributed by atoms with E-state index in [-0.39, 0.29) is 5.91 Å². The Balaban J connectivity index is 1.24. The molecule has 30 heavy (non-hydrogen) atoms. The molecule has 156 valence electrons. The molecule has 0 atom stereocenters. The van der Waals surface area contributed by atoms with Crippen LogP contribution >= 0.6 is 11.8 Å². The lowest BCUT2D eigenvalue weighted by Gasteiger charge is -2.38. The Bertz CT molecular complexity index is 986. The molecule has 1 saturated carbocycles. The number of carbonyl (C=O) groups excluding carboxylic acids is 1. The predicted octanol–water partition coefficient (Wildman–Crippen LogP) is 4.56. The van der Waals surface area contributed by atoms with Gasteiger partial charge in [0, 0.05) is 43.5 Å². The van der Waals surface area contributed by atoms with Crippen LogP contribution in [0.2, 0.25) is 0 Å². The van der Waals surface area contributed by atoms with Crippen LogP contribution in [-0.2, 0) is 5.75 Å². The van der Waals surface area contributed by atoms with Gasteiger partial charge in [-0.1, -0.05) is 54.9 Å². The van der Waals surface area contributed by atoms with Crippen LogP contribution in [0.3, 0.4) is 0 Å². The van der Waals surface area contributed by atoms with Crippen molar-refractivity contribution in [3.63, 3.8) is 0 Å². The van der Waals surface area contributed by atoms with E-state index < -0.39 is 0 Å². The zero-order valence-electron chi connectivity index (χ0n) is 17.2. The van der Waals surface area contributed by atoms with Crippen molar-refractivity contribution in [2.45, 2.75) is 42.6 Å². The van der Waals surface area contributed by atoms with Crippen molar-refractivity contribution in [1.29, 1.82) is 0 Å². The molecular weight excluding hydrogens is 392 g/mol. The zero-order valence-corrected chi connectivity index (χ0v) is 18.0. The highest BCUT2D eigenvalue weighted by atomic mass is 32.2. The molecule has 2 aromatic carbocycles. The third kappa shape index (κ3) is 4.12. The number of hydrogen-bond acceptors (Lipinski definition) is 4. The number of fused-ring (bicyclic) bond motifs is 1. The predicted molar refractivity (Wildman–Crippen MR) is 122 cm³/mol. The van der Waals surface area contributed by atoms with E-state index in [1.165, 1.54) is 25.7 Å². The molecule has 1 aliphatic carbocycles. The number of piperazine rings is 1. The number of thioether (sulfide) groups is 1. The van der Waals surface area contributed by atoms with Gasteiger partial charge in [0.15, 0.2) is 5.16 Å². The second-order valence-corrected chi connectivity index (χ2v) is 9.24. The number of benzene rings is 2. The molecule has 1 saturated heterocycles. The molecule has 1 aliphatic heterocycles. The topological polar surface area (TPSA) is 52.2 Å². The molecule has 0 unspecified atom stereocenters. The summed E-state index contributed by atoms with van der Waals surface area (Å²) < 4.78 is 0. The van der Waals surface area contributed by atoms with E-state index in [0.29, 0.717) is 0 Å². The van der Waals surface area contributed by atoms with E-state index in [1.54, 1.807) is 11.8 Å². The van der Waals surface area contributed by atoms with Crippen LogP contribution < -0.4 is 0 Å². The van der Waals surface area contributed by atoms with Crippen LogP contribution in [0.25, 0.3) is 11.0 Å². The van der Waals surface area contributed by atoms with Gasteiger partial charge in [0.25, 0.3) is 5.91 Å². The molecule has 6 heteroatoms. The number of para-hydroxylation sites is 2. The minimum atomic E-state index is 0.168. The SMILES string of the molecule is O=C(c1ccccc1CSc1nc2ccccc2[nH]1)N1CCN(C2CCCC2)CC1. The summed E-state index contributed by atoms with van der Waals surface area (Å²) in [5.41, 5.74) is 3.93. The van der Waals surface area contributed by atoms with E-state index in [9.17, 15) is 4.79 Å². The van der Waals surface area contributed by atoms with Crippen LogP contribution in [0.4, 0.5) is 0 Å². The van der Waals surface area contributed by atoms with Crippen LogP contribution in [0.1, 0.15) is 41.6 Å². The molecule has 2 fully saturated rings. The molecule has 0 spiro atoms. The van der Waals surface area contributed by atoms with E-state index >= 15 is 0 Å². The molecule has 2 heterocycles. The maximum absolute atomic E-state index is 13.3. The largest absolute Gasteiger partial charge is 0.336 e. The standard InChI is InChI=1S/C24H28N4OS/c29-23(28-15-13-27(14-16-28)19-8-2-3-9-19)20-10-4-1-7-18(20)17-30-24-25-21-11-5-6-12-22(21)26-24/h1,4-7,10-12,19H,2-3,8-9,13-17H2,(H,25,26). The van der Waals surface area contributed by atoms with Crippen LogP contribution in [0, 0.1) is 0 Å². The highest BCUT2D eigenvalue weighted by molar-refractivity contribution is 7.98. The highest BCUT2D eigenvalue weighted by Crippen LogP contribution is 2.27. The zero-order chi connectivity index (χ0) is 20.3. The van der Waals surface area contributed by atoms with Gasteiger partial charge in [0.2, 0.25) is 0 Å². The second-order valence-electron chi connectivity index (χ2n) is 8.27. The average molecular weight is 421 g/mol. The smallest absolute Gasteiger partial charge is 0.254 e. The minimum Gasteiger partial charge on any atom is -0.336 e. The number of nitrogens with one attached hydrogen (secondary N) is 1. The summed E-state index contributed by atoms with van der Waals surface area (Å²) in [5, 5.41) is 0.892. The lowest BCUT2D eigenvalue weighted by Crippen LogP contribution is -2.51. The minimum absolute atomic E-state index is 0.168. The summed E-state index contributed by atoms with van der Waals surface area (Å²) in [5.74, 6) is 0.894. The molecule has 0 radical (unpaired) electrons. The normalized spacial score (nSPS) is 18.3. The molecule has 1 amide bonds. The average Bonchev–Trinajstić information content (AvgIpc) is 3.47. The van der Waals surface area contributed by atoms with Crippen molar-refractivity contribution in [1.82, 2.24) is 19.8 Å². The quantitative estimate of drug-likeness (QED) is 0.615. The van der Waals surface area contributed by atoms with E-state index in [1.807, 2.05) is 47.4 Å². The third-order valence-corrected chi connectivity index (χ3v) is 7.34. The van der Waals surface area contributed by atoms with E-state index in [4.69, 9.17) is 0 Å². The van der Waals surface area contributed by atoms with Gasteiger partial charge in [-0.25, -0.2) is 4.98 Å². The number of aromatic nitrogens is 2. The first kappa shape index (κ1) is 19.6. The van der Waals surface area contributed by atoms with Gasteiger partial charge in [-0.15, -0.1) is 0 Å². The van der Waals surface area contributed by atoms with Crippen LogP contribution in [-0.4, -0.2) is 57.9 Å². The van der Waals surface area contributed by atoms with Gasteiger partial charge in [0.1, 0.15) is 0 Å². The van der Waals surface area contributed by atoms with Crippen molar-refractivity contribution in [3.05, 3.63) is 59.7 Å². The molecule has 5 nitrogen and oxygen atoms in total. The van der Waals surface area contributed by atoms with Crippen molar-refractivity contribution >= 4 is 28.7 Å². The van der Waals surface area contributed by atoms with E-state index in [0.717, 1.165) is 65.3 Å². The number of H-pyrrole nitrogens is 1. The number of aromatic amines is 1. The first-order chi connectivity index (χ1) is 14.8.